The number of aliphatic hydroxyl groups excluding tert-OH is 4. The van der Waals surface area contributed by atoms with Crippen molar-refractivity contribution < 1.29 is 59.2 Å². The Kier molecular flexibility index (Phi) is 8.19. The van der Waals surface area contributed by atoms with Crippen LogP contribution in [-0.2, 0) is 28.6 Å². The van der Waals surface area contributed by atoms with Gasteiger partial charge in [0.25, 0.3) is 0 Å². The SMILES string of the molecule is CC1(C)C(=O)C(OC2OC(CO)C(O)C(O)C2O)=CC2C1=CCC1C2(C)C(=O)CC2(C)C3C(CC12C)OC(C(C)(C)O)CC(=O)C3(C)O. The predicted molar refractivity (Wildman–Crippen MR) is 169 cm³/mol. The predicted octanol–water partition coefficient (Wildman–Crippen LogP) is 1.12. The van der Waals surface area contributed by atoms with Crippen LogP contribution in [0, 0.1) is 39.4 Å². The maximum atomic E-state index is 14.8. The third-order valence-electron chi connectivity index (χ3n) is 13.8. The van der Waals surface area contributed by atoms with Gasteiger partial charge in [-0.3, -0.25) is 14.4 Å². The standard InChI is InChI=1S/C36H52O12/c1-31(2)16-9-10-21-33(5)13-19-28(36(8,45)22(38)12-24(46-19)32(3,4)44)34(33,6)14-23(39)35(21,7)17(16)11-18(29(31)43)47-30-27(42)26(41)25(40)20(15-37)48-30/h9,11,17,19-21,24-28,30,37,40-42,44-45H,10,12-15H2,1-8H3. The molecule has 0 bridgehead atoms. The Labute approximate surface area is 281 Å². The molecule has 6 rings (SSSR count). The molecule has 4 aliphatic carbocycles. The van der Waals surface area contributed by atoms with Crippen molar-refractivity contribution in [1.29, 1.82) is 0 Å². The molecule has 12 heteroatoms. The average molecular weight is 677 g/mol. The minimum absolute atomic E-state index is 0.0482. The van der Waals surface area contributed by atoms with Crippen LogP contribution in [0.3, 0.4) is 0 Å². The van der Waals surface area contributed by atoms with Gasteiger partial charge >= 0.3 is 0 Å². The van der Waals surface area contributed by atoms with Crippen LogP contribution in [0.15, 0.2) is 23.5 Å². The van der Waals surface area contributed by atoms with Crippen LogP contribution in [0.1, 0.15) is 81.1 Å². The summed E-state index contributed by atoms with van der Waals surface area (Å²) >= 11 is 0. The average Bonchev–Trinajstić information content (AvgIpc) is 3.15. The van der Waals surface area contributed by atoms with Crippen LogP contribution in [0.4, 0.5) is 0 Å². The Morgan fingerprint density at radius 1 is 0.938 bits per heavy atom. The Hall–Kier alpha value is -2.03. The van der Waals surface area contributed by atoms with Crippen molar-refractivity contribution in [2.45, 2.75) is 135 Å². The molecule has 4 fully saturated rings. The van der Waals surface area contributed by atoms with Gasteiger partial charge in [-0.15, -0.1) is 0 Å². The number of carbonyl (C=O) groups is 3. The molecule has 0 spiro atoms. The number of fused-ring (bicyclic) bond motifs is 7. The molecule has 48 heavy (non-hydrogen) atoms. The van der Waals surface area contributed by atoms with Gasteiger partial charge in [-0.1, -0.05) is 32.4 Å². The van der Waals surface area contributed by atoms with E-state index in [2.05, 4.69) is 6.92 Å². The molecule has 2 heterocycles. The molecule has 0 aromatic rings. The number of hydrogen-bond acceptors (Lipinski definition) is 12. The summed E-state index contributed by atoms with van der Waals surface area (Å²) in [5, 5.41) is 63.8. The summed E-state index contributed by atoms with van der Waals surface area (Å²) in [6.07, 6.45) is -4.84. The zero-order valence-corrected chi connectivity index (χ0v) is 29.1. The van der Waals surface area contributed by atoms with E-state index < -0.39 is 106 Å². The number of aliphatic hydroxyl groups is 6. The van der Waals surface area contributed by atoms with Crippen molar-refractivity contribution in [2.75, 3.05) is 6.61 Å². The zero-order chi connectivity index (χ0) is 35.7. The molecule has 14 atom stereocenters. The lowest BCUT2D eigenvalue weighted by atomic mass is 9.39. The van der Waals surface area contributed by atoms with E-state index >= 15 is 0 Å². The molecule has 6 N–H and O–H groups in total. The fourth-order valence-corrected chi connectivity index (χ4v) is 10.6. The van der Waals surface area contributed by atoms with Gasteiger partial charge in [0.15, 0.2) is 11.5 Å². The van der Waals surface area contributed by atoms with Gasteiger partial charge in [0.1, 0.15) is 35.8 Å². The Morgan fingerprint density at radius 2 is 1.58 bits per heavy atom. The first kappa shape index (κ1) is 35.8. The number of allylic oxidation sites excluding steroid dienone is 4. The van der Waals surface area contributed by atoms with Crippen molar-refractivity contribution in [2.24, 2.45) is 39.4 Å². The smallest absolute Gasteiger partial charge is 0.229 e. The van der Waals surface area contributed by atoms with Gasteiger partial charge in [0.2, 0.25) is 12.1 Å². The molecule has 14 unspecified atom stereocenters. The lowest BCUT2D eigenvalue weighted by Crippen LogP contribution is -2.64. The second kappa shape index (κ2) is 11.0. The molecule has 12 nitrogen and oxygen atoms in total. The summed E-state index contributed by atoms with van der Waals surface area (Å²) in [6.45, 7) is 13.5. The normalized spacial score (nSPS) is 50.3. The van der Waals surface area contributed by atoms with Gasteiger partial charge in [-0.2, -0.15) is 0 Å². The minimum Gasteiger partial charge on any atom is -0.459 e. The number of carbonyl (C=O) groups excluding carboxylic acids is 3. The van der Waals surface area contributed by atoms with E-state index in [-0.39, 0.29) is 30.3 Å². The fourth-order valence-electron chi connectivity index (χ4n) is 10.6. The molecule has 0 aromatic heterocycles. The lowest BCUT2D eigenvalue weighted by Gasteiger charge is -2.63. The van der Waals surface area contributed by atoms with Crippen LogP contribution in [0.25, 0.3) is 0 Å². The Morgan fingerprint density at radius 3 is 2.19 bits per heavy atom. The van der Waals surface area contributed by atoms with E-state index in [0.717, 1.165) is 5.57 Å². The number of ketones is 3. The number of hydrogen-bond donors (Lipinski definition) is 6. The molecule has 0 amide bonds. The van der Waals surface area contributed by atoms with E-state index in [1.54, 1.807) is 33.8 Å². The quantitative estimate of drug-likeness (QED) is 0.232. The number of Topliss-reactive ketones (excluding diaryl/α,β-unsaturated/α-hetero) is 3. The highest BCUT2D eigenvalue weighted by Gasteiger charge is 2.75. The monoisotopic (exact) mass is 676 g/mol. The Balaban J connectivity index is 1.42. The van der Waals surface area contributed by atoms with Gasteiger partial charge < -0.3 is 44.8 Å². The van der Waals surface area contributed by atoms with Crippen molar-refractivity contribution in [3.05, 3.63) is 23.5 Å². The second-order valence-corrected chi connectivity index (χ2v) is 17.2. The fraction of sp³-hybridized carbons (Fsp3) is 0.806. The van der Waals surface area contributed by atoms with Crippen molar-refractivity contribution >= 4 is 17.3 Å². The van der Waals surface area contributed by atoms with Crippen LogP contribution < -0.4 is 0 Å². The number of rotatable bonds is 4. The third-order valence-corrected chi connectivity index (χ3v) is 13.8. The summed E-state index contributed by atoms with van der Waals surface area (Å²) in [5.74, 6) is -2.68. The minimum atomic E-state index is -1.80. The first-order valence-corrected chi connectivity index (χ1v) is 17.1. The highest BCUT2D eigenvalue weighted by Crippen LogP contribution is 2.74. The highest BCUT2D eigenvalue weighted by atomic mass is 16.7. The first-order valence-electron chi connectivity index (χ1n) is 17.1. The van der Waals surface area contributed by atoms with Gasteiger partial charge in [-0.05, 0) is 70.3 Å². The molecule has 268 valence electrons. The summed E-state index contributed by atoms with van der Waals surface area (Å²) in [4.78, 5) is 42.3. The van der Waals surface area contributed by atoms with Crippen LogP contribution >= 0.6 is 0 Å². The molecular formula is C36H52O12. The molecule has 0 radical (unpaired) electrons. The summed E-state index contributed by atoms with van der Waals surface area (Å²) in [5.41, 5.74) is -6.01. The van der Waals surface area contributed by atoms with E-state index in [9.17, 15) is 45.0 Å². The van der Waals surface area contributed by atoms with E-state index in [0.29, 0.717) is 12.8 Å². The molecule has 2 saturated carbocycles. The first-order chi connectivity index (χ1) is 22.0. The van der Waals surface area contributed by atoms with E-state index in [1.165, 1.54) is 6.92 Å². The second-order valence-electron chi connectivity index (χ2n) is 17.2. The topological polar surface area (TPSA) is 200 Å². The summed E-state index contributed by atoms with van der Waals surface area (Å²) < 4.78 is 18.1. The van der Waals surface area contributed by atoms with E-state index in [4.69, 9.17) is 14.2 Å². The number of ether oxygens (including phenoxy) is 3. The van der Waals surface area contributed by atoms with Crippen LogP contribution in [-0.4, -0.2) is 109 Å². The molecule has 2 saturated heterocycles. The largest absolute Gasteiger partial charge is 0.459 e. The van der Waals surface area contributed by atoms with Gasteiger partial charge in [-0.25, -0.2) is 0 Å². The van der Waals surface area contributed by atoms with Crippen molar-refractivity contribution in [3.8, 4) is 0 Å². The maximum absolute atomic E-state index is 14.8. The molecule has 6 aliphatic rings. The van der Waals surface area contributed by atoms with Crippen LogP contribution in [0.2, 0.25) is 0 Å². The molecule has 2 aliphatic heterocycles. The summed E-state index contributed by atoms with van der Waals surface area (Å²) in [7, 11) is 0. The summed E-state index contributed by atoms with van der Waals surface area (Å²) in [6, 6.07) is 0. The zero-order valence-electron chi connectivity index (χ0n) is 29.1. The maximum Gasteiger partial charge on any atom is 0.229 e. The third kappa shape index (κ3) is 4.66. The Bertz CT molecular complexity index is 1450. The van der Waals surface area contributed by atoms with Crippen LogP contribution in [0.5, 0.6) is 0 Å². The van der Waals surface area contributed by atoms with Crippen molar-refractivity contribution in [3.63, 3.8) is 0 Å². The van der Waals surface area contributed by atoms with Crippen molar-refractivity contribution in [1.82, 2.24) is 0 Å². The molecule has 0 aromatic carbocycles. The molecular weight excluding hydrogens is 624 g/mol. The van der Waals surface area contributed by atoms with Gasteiger partial charge in [0.05, 0.1) is 29.8 Å². The lowest BCUT2D eigenvalue weighted by molar-refractivity contribution is -0.291. The van der Waals surface area contributed by atoms with Gasteiger partial charge in [0, 0.05) is 30.1 Å². The van der Waals surface area contributed by atoms with E-state index in [1.807, 2.05) is 19.9 Å². The highest BCUT2D eigenvalue weighted by molar-refractivity contribution is 6.02.